The molecule has 0 radical (unpaired) electrons. The molecule has 1 aromatic heterocycles. The molecule has 120 valence electrons. The van der Waals surface area contributed by atoms with Gasteiger partial charge in [0.2, 0.25) is 0 Å². The standard InChI is InChI=1S/C18H31NOS/c1-6-19-16(15-14(3)8-13-21-15)18(20-7-2)11-9-17(4,5)10-12-18/h8,13,16,19H,6-7,9-12H2,1-5H3. The summed E-state index contributed by atoms with van der Waals surface area (Å²) in [7, 11) is 0. The van der Waals surface area contributed by atoms with Crippen LogP contribution in [0.15, 0.2) is 11.4 Å². The highest BCUT2D eigenvalue weighted by molar-refractivity contribution is 7.10. The van der Waals surface area contributed by atoms with E-state index in [2.05, 4.69) is 51.4 Å². The summed E-state index contributed by atoms with van der Waals surface area (Å²) in [5.74, 6) is 0. The average molecular weight is 310 g/mol. The highest BCUT2D eigenvalue weighted by Crippen LogP contribution is 2.48. The van der Waals surface area contributed by atoms with Crippen LogP contribution in [0.1, 0.15) is 69.9 Å². The van der Waals surface area contributed by atoms with Crippen molar-refractivity contribution in [1.29, 1.82) is 0 Å². The number of hydrogen-bond acceptors (Lipinski definition) is 3. The van der Waals surface area contributed by atoms with E-state index in [1.165, 1.54) is 23.3 Å². The molecule has 1 heterocycles. The van der Waals surface area contributed by atoms with Gasteiger partial charge in [-0.3, -0.25) is 0 Å². The predicted molar refractivity (Wildman–Crippen MR) is 92.1 cm³/mol. The normalized spacial score (nSPS) is 22.1. The molecule has 1 N–H and O–H groups in total. The molecule has 2 rings (SSSR count). The average Bonchev–Trinajstić information content (AvgIpc) is 2.85. The van der Waals surface area contributed by atoms with Gasteiger partial charge in [-0.15, -0.1) is 11.3 Å². The van der Waals surface area contributed by atoms with Crippen molar-refractivity contribution in [2.75, 3.05) is 13.2 Å². The summed E-state index contributed by atoms with van der Waals surface area (Å²) in [6.45, 7) is 13.1. The van der Waals surface area contributed by atoms with E-state index in [1.807, 2.05) is 11.3 Å². The van der Waals surface area contributed by atoms with Gasteiger partial charge in [0, 0.05) is 11.5 Å². The first-order valence-electron chi connectivity index (χ1n) is 8.35. The molecular weight excluding hydrogens is 278 g/mol. The van der Waals surface area contributed by atoms with Crippen molar-refractivity contribution in [2.24, 2.45) is 5.41 Å². The molecule has 1 atom stereocenters. The van der Waals surface area contributed by atoms with E-state index in [0.29, 0.717) is 11.5 Å². The molecule has 0 spiro atoms. The number of thiophene rings is 1. The summed E-state index contributed by atoms with van der Waals surface area (Å²) in [5, 5.41) is 5.94. The van der Waals surface area contributed by atoms with Gasteiger partial charge in [0.1, 0.15) is 0 Å². The Kier molecular flexibility index (Phi) is 5.50. The lowest BCUT2D eigenvalue weighted by atomic mass is 9.68. The van der Waals surface area contributed by atoms with Gasteiger partial charge in [0.15, 0.2) is 0 Å². The van der Waals surface area contributed by atoms with E-state index in [-0.39, 0.29) is 5.60 Å². The zero-order chi connectivity index (χ0) is 15.5. The summed E-state index contributed by atoms with van der Waals surface area (Å²) < 4.78 is 6.40. The minimum absolute atomic E-state index is 0.0319. The molecule has 0 aromatic carbocycles. The minimum atomic E-state index is -0.0319. The molecule has 3 heteroatoms. The van der Waals surface area contributed by atoms with Crippen LogP contribution in [0.25, 0.3) is 0 Å². The maximum atomic E-state index is 6.40. The molecule has 1 unspecified atom stereocenters. The molecule has 0 amide bonds. The number of hydrogen-bond donors (Lipinski definition) is 1. The van der Waals surface area contributed by atoms with Crippen LogP contribution in [-0.2, 0) is 4.74 Å². The van der Waals surface area contributed by atoms with Crippen molar-refractivity contribution in [3.8, 4) is 0 Å². The Balaban J connectivity index is 2.31. The summed E-state index contributed by atoms with van der Waals surface area (Å²) in [5.41, 5.74) is 1.83. The summed E-state index contributed by atoms with van der Waals surface area (Å²) in [6, 6.07) is 2.56. The van der Waals surface area contributed by atoms with Gasteiger partial charge in [-0.25, -0.2) is 0 Å². The second kappa shape index (κ2) is 6.80. The van der Waals surface area contributed by atoms with Gasteiger partial charge in [-0.1, -0.05) is 20.8 Å². The lowest BCUT2D eigenvalue weighted by Gasteiger charge is -2.47. The van der Waals surface area contributed by atoms with Gasteiger partial charge in [-0.05, 0) is 68.5 Å². The Morgan fingerprint density at radius 3 is 2.38 bits per heavy atom. The number of nitrogens with one attached hydrogen (secondary N) is 1. The molecule has 0 bridgehead atoms. The zero-order valence-electron chi connectivity index (χ0n) is 14.3. The van der Waals surface area contributed by atoms with Gasteiger partial charge < -0.3 is 10.1 Å². The third-order valence-corrected chi connectivity index (χ3v) is 6.06. The smallest absolute Gasteiger partial charge is 0.0884 e. The third-order valence-electron chi connectivity index (χ3n) is 4.98. The van der Waals surface area contributed by atoms with Gasteiger partial charge in [0.05, 0.1) is 11.6 Å². The second-order valence-corrected chi connectivity index (χ2v) is 8.07. The maximum Gasteiger partial charge on any atom is 0.0884 e. The first-order chi connectivity index (χ1) is 9.94. The van der Waals surface area contributed by atoms with Crippen LogP contribution in [0.3, 0.4) is 0 Å². The summed E-state index contributed by atoms with van der Waals surface area (Å²) in [6.07, 6.45) is 4.81. The van der Waals surface area contributed by atoms with E-state index < -0.39 is 0 Å². The van der Waals surface area contributed by atoms with Crippen LogP contribution in [0.2, 0.25) is 0 Å². The van der Waals surface area contributed by atoms with Gasteiger partial charge >= 0.3 is 0 Å². The Morgan fingerprint density at radius 1 is 1.24 bits per heavy atom. The molecule has 2 nitrogen and oxygen atoms in total. The van der Waals surface area contributed by atoms with Gasteiger partial charge in [0.25, 0.3) is 0 Å². The van der Waals surface area contributed by atoms with Crippen LogP contribution in [0.5, 0.6) is 0 Å². The molecule has 0 aliphatic heterocycles. The highest BCUT2D eigenvalue weighted by atomic mass is 32.1. The number of ether oxygens (including phenoxy) is 1. The molecule has 0 saturated heterocycles. The van der Waals surface area contributed by atoms with E-state index in [4.69, 9.17) is 4.74 Å². The molecule has 1 aliphatic carbocycles. The van der Waals surface area contributed by atoms with E-state index >= 15 is 0 Å². The molecule has 1 fully saturated rings. The lowest BCUT2D eigenvalue weighted by Crippen LogP contribution is -2.49. The monoisotopic (exact) mass is 309 g/mol. The van der Waals surface area contributed by atoms with Crippen molar-refractivity contribution < 1.29 is 4.74 Å². The SMILES string of the molecule is CCNC(c1sccc1C)C1(OCC)CCC(C)(C)CC1. The molecule has 1 aromatic rings. The second-order valence-electron chi connectivity index (χ2n) is 7.12. The number of likely N-dealkylation sites (N-methyl/N-ethyl adjacent to an activating group) is 1. The Bertz CT molecular complexity index is 442. The summed E-state index contributed by atoms with van der Waals surface area (Å²) >= 11 is 1.87. The van der Waals surface area contributed by atoms with Crippen molar-refractivity contribution in [1.82, 2.24) is 5.32 Å². The number of rotatable bonds is 6. The number of aryl methyl sites for hydroxylation is 1. The molecule has 1 aliphatic rings. The first kappa shape index (κ1) is 17.0. The fraction of sp³-hybridized carbons (Fsp3) is 0.778. The van der Waals surface area contributed by atoms with E-state index in [1.54, 1.807) is 0 Å². The molecular formula is C18H31NOS. The van der Waals surface area contributed by atoms with Crippen LogP contribution in [-0.4, -0.2) is 18.8 Å². The van der Waals surface area contributed by atoms with Crippen molar-refractivity contribution in [2.45, 2.75) is 71.9 Å². The molecule has 1 saturated carbocycles. The fourth-order valence-corrected chi connectivity index (χ4v) is 4.66. The van der Waals surface area contributed by atoms with Crippen molar-refractivity contribution >= 4 is 11.3 Å². The predicted octanol–water partition coefficient (Wildman–Crippen LogP) is 5.08. The zero-order valence-corrected chi connectivity index (χ0v) is 15.1. The van der Waals surface area contributed by atoms with Crippen molar-refractivity contribution in [3.63, 3.8) is 0 Å². The fourth-order valence-electron chi connectivity index (χ4n) is 3.56. The van der Waals surface area contributed by atoms with Crippen molar-refractivity contribution in [3.05, 3.63) is 21.9 Å². The first-order valence-corrected chi connectivity index (χ1v) is 9.23. The van der Waals surface area contributed by atoms with Gasteiger partial charge in [-0.2, -0.15) is 0 Å². The van der Waals surface area contributed by atoms with Crippen LogP contribution in [0.4, 0.5) is 0 Å². The quantitative estimate of drug-likeness (QED) is 0.791. The topological polar surface area (TPSA) is 21.3 Å². The minimum Gasteiger partial charge on any atom is -0.373 e. The lowest BCUT2D eigenvalue weighted by molar-refractivity contribution is -0.107. The largest absolute Gasteiger partial charge is 0.373 e. The van der Waals surface area contributed by atoms with Crippen LogP contribution >= 0.6 is 11.3 Å². The molecule has 21 heavy (non-hydrogen) atoms. The Hall–Kier alpha value is -0.380. The van der Waals surface area contributed by atoms with Crippen LogP contribution < -0.4 is 5.32 Å². The van der Waals surface area contributed by atoms with E-state index in [9.17, 15) is 0 Å². The summed E-state index contributed by atoms with van der Waals surface area (Å²) in [4.78, 5) is 1.46. The maximum absolute atomic E-state index is 6.40. The third kappa shape index (κ3) is 3.69. The van der Waals surface area contributed by atoms with E-state index in [0.717, 1.165) is 26.0 Å². The highest BCUT2D eigenvalue weighted by Gasteiger charge is 2.45. The Morgan fingerprint density at radius 2 is 1.90 bits per heavy atom. The Labute approximate surface area is 134 Å². The van der Waals surface area contributed by atoms with Crippen LogP contribution in [0, 0.1) is 12.3 Å².